The van der Waals surface area contributed by atoms with Gasteiger partial charge >= 0.3 is 0 Å². The van der Waals surface area contributed by atoms with Crippen molar-refractivity contribution in [3.8, 4) is 0 Å². The van der Waals surface area contributed by atoms with E-state index in [4.69, 9.17) is 4.74 Å². The van der Waals surface area contributed by atoms with Gasteiger partial charge in [-0.2, -0.15) is 5.10 Å². The molecule has 0 unspecified atom stereocenters. The van der Waals surface area contributed by atoms with Gasteiger partial charge in [-0.1, -0.05) is 0 Å². The van der Waals surface area contributed by atoms with Gasteiger partial charge in [0, 0.05) is 38.5 Å². The minimum Gasteiger partial charge on any atom is -0.377 e. The summed E-state index contributed by atoms with van der Waals surface area (Å²) in [6.45, 7) is 9.90. The summed E-state index contributed by atoms with van der Waals surface area (Å²) in [6.07, 6.45) is 3.80. The van der Waals surface area contributed by atoms with Gasteiger partial charge in [0.2, 0.25) is 5.91 Å². The Kier molecular flexibility index (Phi) is 5.33. The minimum atomic E-state index is 0.176. The molecule has 0 aliphatic carbocycles. The van der Waals surface area contributed by atoms with Crippen LogP contribution in [0.3, 0.4) is 0 Å². The minimum absolute atomic E-state index is 0.176. The standard InChI is InChI=1S/C17H28N4O2/c1-14-11-15(2)21(18-14)13-17(22)20-7-4-6-19(8-9-20)12-16-5-3-10-23-16/h11,16H,3-10,12-13H2,1-2H3/t16-/m1/s1. The predicted octanol–water partition coefficient (Wildman–Crippen LogP) is 1.21. The molecule has 6 heteroatoms. The first kappa shape index (κ1) is 16.5. The number of amides is 1. The Hall–Kier alpha value is -1.40. The molecule has 3 heterocycles. The first-order valence-corrected chi connectivity index (χ1v) is 8.74. The molecule has 23 heavy (non-hydrogen) atoms. The Bertz CT molecular complexity index is 537. The first-order chi connectivity index (χ1) is 11.1. The lowest BCUT2D eigenvalue weighted by Crippen LogP contribution is -2.39. The number of nitrogens with zero attached hydrogens (tertiary/aromatic N) is 4. The van der Waals surface area contributed by atoms with Crippen molar-refractivity contribution in [3.05, 3.63) is 17.5 Å². The summed E-state index contributed by atoms with van der Waals surface area (Å²) in [4.78, 5) is 17.0. The lowest BCUT2D eigenvalue weighted by molar-refractivity contribution is -0.131. The van der Waals surface area contributed by atoms with Gasteiger partial charge in [0.15, 0.2) is 0 Å². The van der Waals surface area contributed by atoms with Crippen LogP contribution in [0.5, 0.6) is 0 Å². The molecule has 128 valence electrons. The molecular weight excluding hydrogens is 292 g/mol. The highest BCUT2D eigenvalue weighted by molar-refractivity contribution is 5.76. The van der Waals surface area contributed by atoms with E-state index in [9.17, 15) is 4.79 Å². The highest BCUT2D eigenvalue weighted by atomic mass is 16.5. The molecule has 1 atom stereocenters. The smallest absolute Gasteiger partial charge is 0.244 e. The Morgan fingerprint density at radius 2 is 2.13 bits per heavy atom. The van der Waals surface area contributed by atoms with Crippen LogP contribution in [0.25, 0.3) is 0 Å². The number of rotatable bonds is 4. The Morgan fingerprint density at radius 3 is 2.83 bits per heavy atom. The zero-order valence-electron chi connectivity index (χ0n) is 14.3. The number of ether oxygens (including phenoxy) is 1. The fourth-order valence-corrected chi connectivity index (χ4v) is 3.54. The Balaban J connectivity index is 1.50. The van der Waals surface area contributed by atoms with Gasteiger partial charge in [0.1, 0.15) is 6.54 Å². The van der Waals surface area contributed by atoms with E-state index in [0.717, 1.165) is 57.1 Å². The van der Waals surface area contributed by atoms with Crippen molar-refractivity contribution in [1.82, 2.24) is 19.6 Å². The first-order valence-electron chi connectivity index (χ1n) is 8.74. The van der Waals surface area contributed by atoms with Crippen LogP contribution in [0, 0.1) is 13.8 Å². The molecule has 1 aromatic heterocycles. The molecule has 1 aromatic rings. The maximum atomic E-state index is 12.6. The number of aromatic nitrogens is 2. The summed E-state index contributed by atoms with van der Waals surface area (Å²) in [5.41, 5.74) is 2.01. The van der Waals surface area contributed by atoms with E-state index < -0.39 is 0 Å². The van der Waals surface area contributed by atoms with Crippen LogP contribution in [0.2, 0.25) is 0 Å². The van der Waals surface area contributed by atoms with Crippen molar-refractivity contribution in [1.29, 1.82) is 0 Å². The molecule has 2 saturated heterocycles. The lowest BCUT2D eigenvalue weighted by atomic mass is 10.2. The second kappa shape index (κ2) is 7.45. The fraction of sp³-hybridized carbons (Fsp3) is 0.765. The molecule has 0 bridgehead atoms. The van der Waals surface area contributed by atoms with E-state index in [1.54, 1.807) is 0 Å². The number of hydrogen-bond acceptors (Lipinski definition) is 4. The van der Waals surface area contributed by atoms with Crippen molar-refractivity contribution in [2.45, 2.75) is 45.8 Å². The van der Waals surface area contributed by atoms with Crippen molar-refractivity contribution in [2.75, 3.05) is 39.3 Å². The highest BCUT2D eigenvalue weighted by Gasteiger charge is 2.23. The molecule has 2 fully saturated rings. The van der Waals surface area contributed by atoms with Gasteiger partial charge in [-0.3, -0.25) is 14.4 Å². The van der Waals surface area contributed by atoms with Crippen molar-refractivity contribution in [3.63, 3.8) is 0 Å². The molecule has 0 spiro atoms. The molecule has 6 nitrogen and oxygen atoms in total. The van der Waals surface area contributed by atoms with E-state index in [1.165, 1.54) is 12.8 Å². The third-order valence-corrected chi connectivity index (χ3v) is 4.82. The molecular formula is C17H28N4O2. The van der Waals surface area contributed by atoms with Crippen LogP contribution in [0.4, 0.5) is 0 Å². The lowest BCUT2D eigenvalue weighted by Gasteiger charge is -2.24. The van der Waals surface area contributed by atoms with Crippen molar-refractivity contribution in [2.24, 2.45) is 0 Å². The van der Waals surface area contributed by atoms with Crippen LogP contribution in [-0.2, 0) is 16.1 Å². The molecule has 2 aliphatic heterocycles. The topological polar surface area (TPSA) is 50.6 Å². The summed E-state index contributed by atoms with van der Waals surface area (Å²) in [5.74, 6) is 0.176. The van der Waals surface area contributed by atoms with Gasteiger partial charge in [-0.15, -0.1) is 0 Å². The molecule has 0 saturated carbocycles. The van der Waals surface area contributed by atoms with Crippen LogP contribution in [0.1, 0.15) is 30.7 Å². The zero-order chi connectivity index (χ0) is 16.2. The summed E-state index contributed by atoms with van der Waals surface area (Å²) in [5, 5.41) is 4.39. The highest BCUT2D eigenvalue weighted by Crippen LogP contribution is 2.15. The second-order valence-corrected chi connectivity index (χ2v) is 6.75. The molecule has 3 rings (SSSR count). The van der Waals surface area contributed by atoms with Gasteiger partial charge in [-0.25, -0.2) is 0 Å². The van der Waals surface area contributed by atoms with E-state index in [1.807, 2.05) is 29.5 Å². The molecule has 0 aromatic carbocycles. The number of carbonyl (C=O) groups is 1. The average Bonchev–Trinajstić information content (AvgIpc) is 3.04. The Labute approximate surface area is 138 Å². The number of carbonyl (C=O) groups excluding carboxylic acids is 1. The summed E-state index contributed by atoms with van der Waals surface area (Å²) < 4.78 is 7.54. The fourth-order valence-electron chi connectivity index (χ4n) is 3.54. The zero-order valence-corrected chi connectivity index (χ0v) is 14.3. The van der Waals surface area contributed by atoms with Crippen molar-refractivity contribution >= 4 is 5.91 Å². The van der Waals surface area contributed by atoms with E-state index in [-0.39, 0.29) is 5.91 Å². The maximum Gasteiger partial charge on any atom is 0.244 e. The summed E-state index contributed by atoms with van der Waals surface area (Å²) in [7, 11) is 0. The monoisotopic (exact) mass is 320 g/mol. The largest absolute Gasteiger partial charge is 0.377 e. The third kappa shape index (κ3) is 4.32. The molecule has 1 amide bonds. The van der Waals surface area contributed by atoms with E-state index in [0.29, 0.717) is 12.6 Å². The summed E-state index contributed by atoms with van der Waals surface area (Å²) >= 11 is 0. The van der Waals surface area contributed by atoms with E-state index in [2.05, 4.69) is 10.00 Å². The van der Waals surface area contributed by atoms with Crippen LogP contribution < -0.4 is 0 Å². The number of hydrogen-bond donors (Lipinski definition) is 0. The van der Waals surface area contributed by atoms with E-state index >= 15 is 0 Å². The van der Waals surface area contributed by atoms with Crippen LogP contribution in [0.15, 0.2) is 6.07 Å². The average molecular weight is 320 g/mol. The summed E-state index contributed by atoms with van der Waals surface area (Å²) in [6, 6.07) is 2.01. The van der Waals surface area contributed by atoms with Crippen molar-refractivity contribution < 1.29 is 9.53 Å². The van der Waals surface area contributed by atoms with Gasteiger partial charge < -0.3 is 9.64 Å². The molecule has 2 aliphatic rings. The Morgan fingerprint density at radius 1 is 1.26 bits per heavy atom. The molecule has 0 radical (unpaired) electrons. The van der Waals surface area contributed by atoms with Gasteiger partial charge in [-0.05, 0) is 45.7 Å². The molecule has 0 N–H and O–H groups in total. The van der Waals surface area contributed by atoms with Crippen LogP contribution in [-0.4, -0.2) is 70.9 Å². The third-order valence-electron chi connectivity index (χ3n) is 4.82. The SMILES string of the molecule is Cc1cc(C)n(CC(=O)N2CCCN(C[C@H]3CCCO3)CC2)n1. The second-order valence-electron chi connectivity index (χ2n) is 6.75. The quantitative estimate of drug-likeness (QED) is 0.837. The van der Waals surface area contributed by atoms with Crippen LogP contribution >= 0.6 is 0 Å². The normalized spacial score (nSPS) is 23.2. The maximum absolute atomic E-state index is 12.6. The number of aryl methyl sites for hydroxylation is 2. The van der Waals surface area contributed by atoms with Gasteiger partial charge in [0.05, 0.1) is 11.8 Å². The predicted molar refractivity (Wildman–Crippen MR) is 88.3 cm³/mol. The van der Waals surface area contributed by atoms with Gasteiger partial charge in [0.25, 0.3) is 0 Å².